The van der Waals surface area contributed by atoms with Crippen molar-refractivity contribution >= 4 is 17.3 Å². The SMILES string of the molecule is CCCOc1ccc(CN=C(NCC)NCc2nc(C)c(C)s2)cn1. The Balaban J connectivity index is 1.91. The van der Waals surface area contributed by atoms with Gasteiger partial charge in [-0.25, -0.2) is 15.0 Å². The van der Waals surface area contributed by atoms with Gasteiger partial charge in [-0.1, -0.05) is 13.0 Å². The van der Waals surface area contributed by atoms with Gasteiger partial charge in [0.05, 0.1) is 25.4 Å². The normalized spacial score (nSPS) is 11.4. The lowest BCUT2D eigenvalue weighted by molar-refractivity contribution is 0.305. The van der Waals surface area contributed by atoms with E-state index in [-0.39, 0.29) is 0 Å². The zero-order valence-corrected chi connectivity index (χ0v) is 16.2. The van der Waals surface area contributed by atoms with E-state index in [0.29, 0.717) is 25.6 Å². The molecule has 2 heterocycles. The summed E-state index contributed by atoms with van der Waals surface area (Å²) in [5.41, 5.74) is 2.14. The first-order valence-corrected chi connectivity index (χ1v) is 9.46. The number of thiazole rings is 1. The molecule has 0 atom stereocenters. The van der Waals surface area contributed by atoms with Crippen LogP contribution in [0.5, 0.6) is 5.88 Å². The fourth-order valence-electron chi connectivity index (χ4n) is 2.08. The van der Waals surface area contributed by atoms with Crippen LogP contribution in [-0.2, 0) is 13.1 Å². The molecule has 6 nitrogen and oxygen atoms in total. The van der Waals surface area contributed by atoms with Gasteiger partial charge in [-0.3, -0.25) is 0 Å². The van der Waals surface area contributed by atoms with Gasteiger partial charge in [-0.2, -0.15) is 0 Å². The van der Waals surface area contributed by atoms with E-state index < -0.39 is 0 Å². The molecule has 2 aromatic heterocycles. The first-order valence-electron chi connectivity index (χ1n) is 8.65. The van der Waals surface area contributed by atoms with Gasteiger partial charge >= 0.3 is 0 Å². The van der Waals surface area contributed by atoms with Crippen LogP contribution in [0.3, 0.4) is 0 Å². The second-order valence-corrected chi connectivity index (χ2v) is 6.94. The molecule has 7 heteroatoms. The first kappa shape index (κ1) is 19.2. The van der Waals surface area contributed by atoms with Crippen LogP contribution >= 0.6 is 11.3 Å². The summed E-state index contributed by atoms with van der Waals surface area (Å²) >= 11 is 1.72. The van der Waals surface area contributed by atoms with Crippen molar-refractivity contribution in [3.63, 3.8) is 0 Å². The lowest BCUT2D eigenvalue weighted by Gasteiger charge is -2.10. The fraction of sp³-hybridized carbons (Fsp3) is 0.500. The largest absolute Gasteiger partial charge is 0.478 e. The highest BCUT2D eigenvalue weighted by Gasteiger charge is 2.05. The van der Waals surface area contributed by atoms with Gasteiger partial charge in [0.15, 0.2) is 5.96 Å². The molecule has 0 radical (unpaired) electrons. The van der Waals surface area contributed by atoms with Gasteiger partial charge in [-0.15, -0.1) is 11.3 Å². The second kappa shape index (κ2) is 9.98. The van der Waals surface area contributed by atoms with Crippen molar-refractivity contribution in [2.24, 2.45) is 4.99 Å². The van der Waals surface area contributed by atoms with E-state index in [1.54, 1.807) is 11.3 Å². The number of guanidine groups is 1. The molecule has 0 saturated carbocycles. The summed E-state index contributed by atoms with van der Waals surface area (Å²) in [6, 6.07) is 3.89. The number of hydrogen-bond acceptors (Lipinski definition) is 5. The molecular weight excluding hydrogens is 334 g/mol. The summed E-state index contributed by atoms with van der Waals surface area (Å²) in [4.78, 5) is 14.7. The van der Waals surface area contributed by atoms with Crippen molar-refractivity contribution in [3.8, 4) is 5.88 Å². The van der Waals surface area contributed by atoms with Crippen LogP contribution < -0.4 is 15.4 Å². The molecule has 0 aliphatic rings. The van der Waals surface area contributed by atoms with Crippen LogP contribution in [0.2, 0.25) is 0 Å². The maximum absolute atomic E-state index is 5.50. The number of rotatable bonds is 8. The van der Waals surface area contributed by atoms with Gasteiger partial charge in [0, 0.05) is 23.7 Å². The molecule has 0 unspecified atom stereocenters. The topological polar surface area (TPSA) is 71.4 Å². The van der Waals surface area contributed by atoms with E-state index in [1.807, 2.05) is 25.3 Å². The number of nitrogens with one attached hydrogen (secondary N) is 2. The molecule has 0 aliphatic carbocycles. The number of pyridine rings is 1. The zero-order valence-electron chi connectivity index (χ0n) is 15.4. The van der Waals surface area contributed by atoms with Crippen LogP contribution in [0.4, 0.5) is 0 Å². The Morgan fingerprint density at radius 3 is 2.68 bits per heavy atom. The summed E-state index contributed by atoms with van der Waals surface area (Å²) in [6.07, 6.45) is 2.79. The molecule has 0 fully saturated rings. The van der Waals surface area contributed by atoms with Crippen LogP contribution in [0.1, 0.15) is 41.4 Å². The molecule has 2 aromatic rings. The Labute approximate surface area is 153 Å². The fourth-order valence-corrected chi connectivity index (χ4v) is 2.96. The molecule has 25 heavy (non-hydrogen) atoms. The minimum atomic E-state index is 0.562. The summed E-state index contributed by atoms with van der Waals surface area (Å²) in [7, 11) is 0. The maximum Gasteiger partial charge on any atom is 0.213 e. The number of aliphatic imine (C=N–C) groups is 1. The predicted molar refractivity (Wildman–Crippen MR) is 103 cm³/mol. The highest BCUT2D eigenvalue weighted by Crippen LogP contribution is 2.16. The Bertz CT molecular complexity index is 662. The van der Waals surface area contributed by atoms with Crippen molar-refractivity contribution in [2.45, 2.75) is 47.2 Å². The summed E-state index contributed by atoms with van der Waals surface area (Å²) in [6.45, 7) is 11.0. The lowest BCUT2D eigenvalue weighted by Crippen LogP contribution is -2.36. The maximum atomic E-state index is 5.50. The molecule has 0 saturated heterocycles. The van der Waals surface area contributed by atoms with Crippen LogP contribution in [0.25, 0.3) is 0 Å². The molecule has 0 spiro atoms. The van der Waals surface area contributed by atoms with E-state index in [4.69, 9.17) is 4.74 Å². The van der Waals surface area contributed by atoms with Gasteiger partial charge in [0.1, 0.15) is 5.01 Å². The zero-order chi connectivity index (χ0) is 18.1. The molecule has 0 aromatic carbocycles. The highest BCUT2D eigenvalue weighted by molar-refractivity contribution is 7.11. The third-order valence-corrected chi connectivity index (χ3v) is 4.57. The number of hydrogen-bond donors (Lipinski definition) is 2. The van der Waals surface area contributed by atoms with Crippen molar-refractivity contribution in [1.29, 1.82) is 0 Å². The lowest BCUT2D eigenvalue weighted by atomic mass is 10.3. The molecule has 0 amide bonds. The predicted octanol–water partition coefficient (Wildman–Crippen LogP) is 3.20. The highest BCUT2D eigenvalue weighted by atomic mass is 32.1. The monoisotopic (exact) mass is 361 g/mol. The van der Waals surface area contributed by atoms with E-state index in [0.717, 1.165) is 35.2 Å². The molecule has 0 aliphatic heterocycles. The standard InChI is InChI=1S/C18H27N5OS/c1-5-9-24-16-8-7-15(10-20-16)11-21-18(19-6-2)22-12-17-23-13(3)14(4)25-17/h7-8,10H,5-6,9,11-12H2,1-4H3,(H2,19,21,22). The Kier molecular flexibility index (Phi) is 7.66. The van der Waals surface area contributed by atoms with E-state index in [2.05, 4.69) is 46.4 Å². The van der Waals surface area contributed by atoms with Gasteiger partial charge in [-0.05, 0) is 32.8 Å². The number of aryl methyl sites for hydroxylation is 2. The molecule has 0 bridgehead atoms. The van der Waals surface area contributed by atoms with Crippen molar-refractivity contribution in [3.05, 3.63) is 39.5 Å². The number of ether oxygens (including phenoxy) is 1. The summed E-state index contributed by atoms with van der Waals surface area (Å²) in [5, 5.41) is 7.65. The molecule has 2 rings (SSSR count). The van der Waals surface area contributed by atoms with Crippen molar-refractivity contribution in [1.82, 2.24) is 20.6 Å². The van der Waals surface area contributed by atoms with Gasteiger partial charge < -0.3 is 15.4 Å². The Morgan fingerprint density at radius 1 is 1.24 bits per heavy atom. The Hall–Kier alpha value is -2.15. The van der Waals surface area contributed by atoms with Crippen molar-refractivity contribution < 1.29 is 4.74 Å². The number of aromatic nitrogens is 2. The van der Waals surface area contributed by atoms with Gasteiger partial charge in [0.25, 0.3) is 0 Å². The smallest absolute Gasteiger partial charge is 0.213 e. The van der Waals surface area contributed by atoms with E-state index >= 15 is 0 Å². The van der Waals surface area contributed by atoms with E-state index in [1.165, 1.54) is 4.88 Å². The summed E-state index contributed by atoms with van der Waals surface area (Å²) < 4.78 is 5.50. The third kappa shape index (κ3) is 6.34. The van der Waals surface area contributed by atoms with Crippen molar-refractivity contribution in [2.75, 3.05) is 13.2 Å². The molecular formula is C18H27N5OS. The van der Waals surface area contributed by atoms with Crippen LogP contribution in [0.15, 0.2) is 23.3 Å². The minimum absolute atomic E-state index is 0.562. The third-order valence-electron chi connectivity index (χ3n) is 3.50. The average molecular weight is 362 g/mol. The second-order valence-electron chi connectivity index (χ2n) is 5.65. The van der Waals surface area contributed by atoms with Gasteiger partial charge in [0.2, 0.25) is 5.88 Å². The number of nitrogens with zero attached hydrogens (tertiary/aromatic N) is 3. The van der Waals surface area contributed by atoms with Crippen LogP contribution in [-0.4, -0.2) is 29.1 Å². The summed E-state index contributed by atoms with van der Waals surface area (Å²) in [5.74, 6) is 1.44. The van der Waals surface area contributed by atoms with E-state index in [9.17, 15) is 0 Å². The molecule has 2 N–H and O–H groups in total. The Morgan fingerprint density at radius 2 is 2.08 bits per heavy atom. The minimum Gasteiger partial charge on any atom is -0.478 e. The quantitative estimate of drug-likeness (QED) is 0.558. The van der Waals surface area contributed by atoms with Crippen LogP contribution in [0, 0.1) is 13.8 Å². The first-order chi connectivity index (χ1) is 12.1. The molecule has 136 valence electrons. The average Bonchev–Trinajstić information content (AvgIpc) is 2.94.